The molecule has 0 saturated heterocycles. The van der Waals surface area contributed by atoms with Crippen LogP contribution in [0.2, 0.25) is 0 Å². The largest absolute Gasteiger partial charge is 0.342 e. The average molecular weight is 212 g/mol. The van der Waals surface area contributed by atoms with Crippen LogP contribution >= 0.6 is 0 Å². The summed E-state index contributed by atoms with van der Waals surface area (Å²) in [6.45, 7) is 7.51. The Morgan fingerprint density at radius 3 is 2.60 bits per heavy atom. The summed E-state index contributed by atoms with van der Waals surface area (Å²) in [6.07, 6.45) is 0.890. The van der Waals surface area contributed by atoms with Crippen LogP contribution in [0.4, 0.5) is 5.95 Å². The van der Waals surface area contributed by atoms with Gasteiger partial charge in [-0.25, -0.2) is 0 Å². The topological polar surface area (TPSA) is 68.2 Å². The molecule has 5 nitrogen and oxygen atoms in total. The van der Waals surface area contributed by atoms with Crippen molar-refractivity contribution in [2.24, 2.45) is 5.73 Å². The molecule has 86 valence electrons. The van der Waals surface area contributed by atoms with Crippen LogP contribution in [0.15, 0.2) is 4.52 Å². The maximum atomic E-state index is 5.73. The Labute approximate surface area is 90.6 Å². The zero-order valence-corrected chi connectivity index (χ0v) is 9.95. The maximum absolute atomic E-state index is 5.73. The first-order valence-electron chi connectivity index (χ1n) is 5.32. The molecule has 0 saturated carbocycles. The molecule has 1 atom stereocenters. The third kappa shape index (κ3) is 2.28. The van der Waals surface area contributed by atoms with Crippen LogP contribution in [0, 0.1) is 0 Å². The highest BCUT2D eigenvalue weighted by molar-refractivity contribution is 5.26. The number of anilines is 1. The first kappa shape index (κ1) is 12.0. The van der Waals surface area contributed by atoms with E-state index in [1.807, 2.05) is 25.8 Å². The lowest BCUT2D eigenvalue weighted by atomic mass is 9.88. The Morgan fingerprint density at radius 1 is 1.47 bits per heavy atom. The fourth-order valence-corrected chi connectivity index (χ4v) is 1.14. The third-order valence-corrected chi connectivity index (χ3v) is 2.98. The van der Waals surface area contributed by atoms with E-state index in [0.29, 0.717) is 18.4 Å². The Hall–Kier alpha value is -1.10. The van der Waals surface area contributed by atoms with Gasteiger partial charge < -0.3 is 15.2 Å². The van der Waals surface area contributed by atoms with Gasteiger partial charge in [-0.15, -0.1) is 0 Å². The van der Waals surface area contributed by atoms with Crippen LogP contribution < -0.4 is 10.6 Å². The molecule has 0 bridgehead atoms. The summed E-state index contributed by atoms with van der Waals surface area (Å²) in [5, 5.41) is 3.93. The zero-order chi connectivity index (χ0) is 11.5. The molecule has 1 unspecified atom stereocenters. The molecule has 0 spiro atoms. The molecule has 0 radical (unpaired) electrons. The summed E-state index contributed by atoms with van der Waals surface area (Å²) < 4.78 is 5.25. The molecule has 0 aromatic carbocycles. The van der Waals surface area contributed by atoms with Crippen molar-refractivity contribution in [1.29, 1.82) is 0 Å². The summed E-state index contributed by atoms with van der Waals surface area (Å²) >= 11 is 0. The maximum Gasteiger partial charge on any atom is 0.265 e. The van der Waals surface area contributed by atoms with Crippen LogP contribution in [0.1, 0.15) is 33.1 Å². The van der Waals surface area contributed by atoms with Crippen molar-refractivity contribution in [3.63, 3.8) is 0 Å². The molecule has 1 heterocycles. The number of nitrogens with two attached hydrogens (primary N) is 1. The number of hydrogen-bond acceptors (Lipinski definition) is 5. The number of rotatable bonds is 5. The molecule has 0 aliphatic rings. The van der Waals surface area contributed by atoms with Crippen molar-refractivity contribution in [3.05, 3.63) is 5.89 Å². The van der Waals surface area contributed by atoms with Crippen molar-refractivity contribution < 1.29 is 4.52 Å². The summed E-state index contributed by atoms with van der Waals surface area (Å²) in [5.74, 6) is 1.25. The molecular formula is C10H20N4O. The van der Waals surface area contributed by atoms with Crippen LogP contribution in [0.3, 0.4) is 0 Å². The van der Waals surface area contributed by atoms with Gasteiger partial charge in [-0.05, 0) is 25.4 Å². The molecule has 5 heteroatoms. The Bertz CT molecular complexity index is 306. The van der Waals surface area contributed by atoms with Gasteiger partial charge in [0.25, 0.3) is 5.95 Å². The van der Waals surface area contributed by atoms with Crippen molar-refractivity contribution in [1.82, 2.24) is 10.1 Å². The van der Waals surface area contributed by atoms with Crippen molar-refractivity contribution in [2.75, 3.05) is 25.0 Å². The molecule has 1 rings (SSSR count). The van der Waals surface area contributed by atoms with Gasteiger partial charge >= 0.3 is 0 Å². The van der Waals surface area contributed by atoms with Gasteiger partial charge in [0, 0.05) is 20.1 Å². The average Bonchev–Trinajstić information content (AvgIpc) is 2.76. The van der Waals surface area contributed by atoms with Crippen molar-refractivity contribution >= 4 is 5.95 Å². The predicted octanol–water partition coefficient (Wildman–Crippen LogP) is 1.15. The van der Waals surface area contributed by atoms with Crippen LogP contribution in [0.25, 0.3) is 0 Å². The molecule has 2 N–H and O–H groups in total. The first-order chi connectivity index (χ1) is 7.07. The van der Waals surface area contributed by atoms with E-state index >= 15 is 0 Å². The minimum atomic E-state index is -0.209. The fourth-order valence-electron chi connectivity index (χ4n) is 1.14. The second-order valence-electron chi connectivity index (χ2n) is 4.03. The second kappa shape index (κ2) is 4.61. The predicted molar refractivity (Wildman–Crippen MR) is 59.9 cm³/mol. The second-order valence-corrected chi connectivity index (χ2v) is 4.03. The zero-order valence-electron chi connectivity index (χ0n) is 9.95. The standard InChI is InChI=1S/C10H20N4O/c1-5-10(3,7-11)8-12-9(13-15-8)14(4)6-2/h5-7,11H2,1-4H3. The number of aromatic nitrogens is 2. The lowest BCUT2D eigenvalue weighted by molar-refractivity contribution is 0.290. The van der Waals surface area contributed by atoms with E-state index in [4.69, 9.17) is 10.3 Å². The normalized spacial score (nSPS) is 15.0. The molecule has 0 aliphatic heterocycles. The summed E-state index contributed by atoms with van der Waals surface area (Å²) in [4.78, 5) is 6.29. The molecule has 15 heavy (non-hydrogen) atoms. The van der Waals surface area contributed by atoms with Crippen molar-refractivity contribution in [2.45, 2.75) is 32.6 Å². The van der Waals surface area contributed by atoms with E-state index in [9.17, 15) is 0 Å². The van der Waals surface area contributed by atoms with Gasteiger partial charge in [0.05, 0.1) is 5.41 Å². The molecule has 0 aliphatic carbocycles. The highest BCUT2D eigenvalue weighted by Crippen LogP contribution is 2.25. The SMILES string of the molecule is CCN(C)c1noc(C(C)(CC)CN)n1. The van der Waals surface area contributed by atoms with E-state index in [0.717, 1.165) is 13.0 Å². The minimum absolute atomic E-state index is 0.209. The summed E-state index contributed by atoms with van der Waals surface area (Å²) in [7, 11) is 1.93. The number of nitrogens with zero attached hydrogens (tertiary/aromatic N) is 3. The Morgan fingerprint density at radius 2 is 2.13 bits per heavy atom. The van der Waals surface area contributed by atoms with Gasteiger partial charge in [-0.3, -0.25) is 0 Å². The minimum Gasteiger partial charge on any atom is -0.342 e. The molecule has 1 aromatic heterocycles. The van der Waals surface area contributed by atoms with Gasteiger partial charge in [0.2, 0.25) is 5.89 Å². The van der Waals surface area contributed by atoms with Crippen LogP contribution in [0.5, 0.6) is 0 Å². The van der Waals surface area contributed by atoms with E-state index < -0.39 is 0 Å². The summed E-state index contributed by atoms with van der Waals surface area (Å²) in [5.41, 5.74) is 5.52. The monoisotopic (exact) mass is 212 g/mol. The van der Waals surface area contributed by atoms with Gasteiger partial charge in [0.15, 0.2) is 0 Å². The van der Waals surface area contributed by atoms with Gasteiger partial charge in [-0.1, -0.05) is 6.92 Å². The van der Waals surface area contributed by atoms with E-state index in [1.54, 1.807) is 0 Å². The van der Waals surface area contributed by atoms with E-state index in [1.165, 1.54) is 0 Å². The Balaban J connectivity index is 2.92. The Kier molecular flexibility index (Phi) is 3.68. The van der Waals surface area contributed by atoms with Crippen LogP contribution in [-0.4, -0.2) is 30.3 Å². The fraction of sp³-hybridized carbons (Fsp3) is 0.800. The highest BCUT2D eigenvalue weighted by atomic mass is 16.5. The first-order valence-corrected chi connectivity index (χ1v) is 5.32. The molecule has 1 aromatic rings. The quantitative estimate of drug-likeness (QED) is 0.793. The third-order valence-electron chi connectivity index (χ3n) is 2.98. The number of hydrogen-bond donors (Lipinski definition) is 1. The lowest BCUT2D eigenvalue weighted by Gasteiger charge is -2.20. The van der Waals surface area contributed by atoms with E-state index in [-0.39, 0.29) is 5.41 Å². The van der Waals surface area contributed by atoms with Gasteiger partial charge in [0.1, 0.15) is 0 Å². The van der Waals surface area contributed by atoms with Gasteiger partial charge in [-0.2, -0.15) is 4.98 Å². The van der Waals surface area contributed by atoms with E-state index in [2.05, 4.69) is 17.1 Å². The van der Waals surface area contributed by atoms with Crippen LogP contribution in [-0.2, 0) is 5.41 Å². The molecule has 0 amide bonds. The summed E-state index contributed by atoms with van der Waals surface area (Å²) in [6, 6.07) is 0. The lowest BCUT2D eigenvalue weighted by Crippen LogP contribution is -2.31. The smallest absolute Gasteiger partial charge is 0.265 e. The van der Waals surface area contributed by atoms with Crippen molar-refractivity contribution in [3.8, 4) is 0 Å². The molecular weight excluding hydrogens is 192 g/mol. The molecule has 0 fully saturated rings. The highest BCUT2D eigenvalue weighted by Gasteiger charge is 2.30.